The maximum absolute atomic E-state index is 14.4. The fourth-order valence-electron chi connectivity index (χ4n) is 6.03. The number of ether oxygens (including phenoxy) is 4. The second-order valence-electron chi connectivity index (χ2n) is 11.3. The van der Waals surface area contributed by atoms with Crippen molar-refractivity contribution in [3.05, 3.63) is 79.5 Å². The Morgan fingerprint density at radius 2 is 1.95 bits per heavy atom. The summed E-state index contributed by atoms with van der Waals surface area (Å²) in [4.78, 5) is 42.4. The van der Waals surface area contributed by atoms with Gasteiger partial charge in [0.15, 0.2) is 0 Å². The molecule has 0 unspecified atom stereocenters. The molecule has 2 aromatic heterocycles. The summed E-state index contributed by atoms with van der Waals surface area (Å²) < 4.78 is 26.6. The Hall–Kier alpha value is -3.67. The van der Waals surface area contributed by atoms with Crippen LogP contribution in [0, 0.1) is 6.92 Å². The van der Waals surface area contributed by atoms with Gasteiger partial charge in [0.2, 0.25) is 5.91 Å². The van der Waals surface area contributed by atoms with Gasteiger partial charge in [-0.1, -0.05) is 18.2 Å². The Balaban J connectivity index is 1.56. The van der Waals surface area contributed by atoms with Crippen LogP contribution < -0.4 is 21.7 Å². The molecule has 1 saturated heterocycles. The maximum Gasteiger partial charge on any atom is 0.333 e. The first-order chi connectivity index (χ1) is 20.9. The molecule has 43 heavy (non-hydrogen) atoms. The van der Waals surface area contributed by atoms with Gasteiger partial charge in [-0.05, 0) is 75.7 Å². The number of benzene rings is 1. The van der Waals surface area contributed by atoms with Crippen LogP contribution in [0.2, 0.25) is 0 Å². The summed E-state index contributed by atoms with van der Waals surface area (Å²) in [6.07, 6.45) is 9.87. The molecule has 1 aliphatic carbocycles. The highest BCUT2D eigenvalue weighted by Crippen LogP contribution is 2.43. The number of para-hydroxylation sites is 1. The highest BCUT2D eigenvalue weighted by molar-refractivity contribution is 7.19. The minimum Gasteiger partial charge on any atom is -0.496 e. The number of hydrogen-bond donors (Lipinski definition) is 1. The van der Waals surface area contributed by atoms with E-state index in [0.717, 1.165) is 47.1 Å². The van der Waals surface area contributed by atoms with Crippen molar-refractivity contribution in [3.63, 3.8) is 0 Å². The number of aromatic nitrogens is 2. The third-order valence-electron chi connectivity index (χ3n) is 8.60. The molecule has 0 bridgehead atoms. The average molecular weight is 608 g/mol. The highest BCUT2D eigenvalue weighted by Gasteiger charge is 2.53. The van der Waals surface area contributed by atoms with Crippen LogP contribution in [-0.4, -0.2) is 41.5 Å². The number of carbonyl (C=O) groups excluding carboxylic acids is 1. The van der Waals surface area contributed by atoms with Crippen molar-refractivity contribution < 1.29 is 23.7 Å². The van der Waals surface area contributed by atoms with Crippen molar-refractivity contribution in [2.24, 2.45) is 5.73 Å². The van der Waals surface area contributed by atoms with E-state index in [-0.39, 0.29) is 12.6 Å². The zero-order valence-corrected chi connectivity index (χ0v) is 25.3. The van der Waals surface area contributed by atoms with E-state index in [0.29, 0.717) is 53.3 Å². The highest BCUT2D eigenvalue weighted by atomic mass is 32.1. The number of fused-ring (bicyclic) bond motifs is 1. The van der Waals surface area contributed by atoms with E-state index in [4.69, 9.17) is 24.7 Å². The summed E-state index contributed by atoms with van der Waals surface area (Å²) >= 11 is 1.34. The molecule has 0 spiro atoms. The van der Waals surface area contributed by atoms with E-state index in [9.17, 15) is 14.4 Å². The van der Waals surface area contributed by atoms with Crippen LogP contribution in [0.1, 0.15) is 67.1 Å². The van der Waals surface area contributed by atoms with Crippen molar-refractivity contribution in [1.29, 1.82) is 0 Å². The van der Waals surface area contributed by atoms with Gasteiger partial charge in [-0.3, -0.25) is 14.2 Å². The molecule has 4 heterocycles. The van der Waals surface area contributed by atoms with Crippen LogP contribution in [0.3, 0.4) is 0 Å². The van der Waals surface area contributed by atoms with Crippen LogP contribution in [0.5, 0.6) is 5.75 Å². The van der Waals surface area contributed by atoms with Gasteiger partial charge in [-0.25, -0.2) is 9.36 Å². The van der Waals surface area contributed by atoms with Gasteiger partial charge in [0, 0.05) is 18.8 Å². The third-order valence-corrected chi connectivity index (χ3v) is 9.93. The number of hydrogen-bond acceptors (Lipinski definition) is 8. The second kappa shape index (κ2) is 12.1. The van der Waals surface area contributed by atoms with Crippen LogP contribution in [-0.2, 0) is 31.1 Å². The predicted octanol–water partition coefficient (Wildman–Crippen LogP) is 4.51. The number of methoxy groups -OCH3 is 1. The molecule has 2 N–H and O–H groups in total. The van der Waals surface area contributed by atoms with Gasteiger partial charge in [0.1, 0.15) is 28.0 Å². The fraction of sp³-hybridized carbons (Fsp3) is 0.469. The molecule has 6 rings (SSSR count). The Kier molecular flexibility index (Phi) is 8.30. The molecule has 228 valence electrons. The smallest absolute Gasteiger partial charge is 0.333 e. The number of primary amides is 1. The summed E-state index contributed by atoms with van der Waals surface area (Å²) in [5.74, 6) is 0.605. The zero-order valence-electron chi connectivity index (χ0n) is 24.5. The summed E-state index contributed by atoms with van der Waals surface area (Å²) in [6, 6.07) is 7.58. The first-order valence-electron chi connectivity index (χ1n) is 14.8. The molecule has 3 aliphatic rings. The minimum atomic E-state index is -1.33. The molecular weight excluding hydrogens is 570 g/mol. The standard InChI is InChI=1S/C32H37N3O7S/c1-20-26-28(36)35(32(14-15-32)30(33)37)31(38)34(29(26)43-27(20)24-11-5-3-4-8-16-41-24)19-25(42-21-12-17-40-18-13-21)22-9-6-7-10-23(22)39-2/h6-11,16,21,25H,3-5,12-15,17-19H2,1-2H3,(H2,33,37)/b16-8-,24-11+/t25-/m0/s1. The number of allylic oxidation sites excluding steroid dienone is 2. The second-order valence-corrected chi connectivity index (χ2v) is 12.3. The van der Waals surface area contributed by atoms with Crippen molar-refractivity contribution in [1.82, 2.24) is 9.13 Å². The van der Waals surface area contributed by atoms with Crippen molar-refractivity contribution in [3.8, 4) is 5.75 Å². The monoisotopic (exact) mass is 607 g/mol. The summed E-state index contributed by atoms with van der Waals surface area (Å²) in [5, 5.41) is 0.382. The SMILES string of the molecule is COc1ccccc1[C@H](Cn1c(=O)n(C2(C(N)=O)CC2)c(=O)c2c(C)c(/C3=C\CCC/C=C\O3)sc21)OC1CCOCC1. The Morgan fingerprint density at radius 3 is 2.67 bits per heavy atom. The summed E-state index contributed by atoms with van der Waals surface area (Å²) in [6.45, 7) is 3.15. The summed E-state index contributed by atoms with van der Waals surface area (Å²) in [7, 11) is 1.60. The normalized spacial score (nSPS) is 21.2. The number of thiophene rings is 1. The predicted molar refractivity (Wildman–Crippen MR) is 164 cm³/mol. The van der Waals surface area contributed by atoms with Crippen LogP contribution in [0.4, 0.5) is 0 Å². The average Bonchev–Trinajstić information content (AvgIpc) is 3.72. The van der Waals surface area contributed by atoms with E-state index in [1.54, 1.807) is 17.9 Å². The molecule has 1 atom stereocenters. The number of nitrogens with zero attached hydrogens (tertiary/aromatic N) is 2. The van der Waals surface area contributed by atoms with Gasteiger partial charge >= 0.3 is 5.69 Å². The molecule has 11 heteroatoms. The summed E-state index contributed by atoms with van der Waals surface area (Å²) in [5.41, 5.74) is 4.88. The molecule has 1 aromatic carbocycles. The van der Waals surface area contributed by atoms with Gasteiger partial charge in [-0.15, -0.1) is 11.3 Å². The number of amides is 1. The van der Waals surface area contributed by atoms with Gasteiger partial charge in [0.05, 0.1) is 36.3 Å². The third kappa shape index (κ3) is 5.45. The molecule has 2 fully saturated rings. The largest absolute Gasteiger partial charge is 0.496 e. The lowest BCUT2D eigenvalue weighted by Gasteiger charge is -2.29. The molecule has 1 amide bonds. The lowest BCUT2D eigenvalue weighted by molar-refractivity contribution is -0.122. The van der Waals surface area contributed by atoms with E-state index < -0.39 is 28.8 Å². The van der Waals surface area contributed by atoms with Crippen LogP contribution in [0.25, 0.3) is 16.0 Å². The van der Waals surface area contributed by atoms with Gasteiger partial charge in [0.25, 0.3) is 5.56 Å². The lowest BCUT2D eigenvalue weighted by Crippen LogP contribution is -2.50. The first-order valence-corrected chi connectivity index (χ1v) is 15.6. The van der Waals surface area contributed by atoms with E-state index in [1.165, 1.54) is 11.3 Å². The zero-order chi connectivity index (χ0) is 30.1. The molecule has 10 nitrogen and oxygen atoms in total. The first kappa shape index (κ1) is 29.4. The van der Waals surface area contributed by atoms with Crippen LogP contribution >= 0.6 is 11.3 Å². The molecular formula is C32H37N3O7S. The minimum absolute atomic E-state index is 0.0814. The topological polar surface area (TPSA) is 124 Å². The quantitative estimate of drug-likeness (QED) is 0.380. The number of aryl methyl sites for hydroxylation is 1. The Bertz CT molecular complexity index is 1710. The lowest BCUT2D eigenvalue weighted by atomic mass is 10.1. The van der Waals surface area contributed by atoms with E-state index >= 15 is 0 Å². The molecule has 1 saturated carbocycles. The van der Waals surface area contributed by atoms with Gasteiger partial charge < -0.3 is 24.7 Å². The molecule has 0 radical (unpaired) electrons. The number of carbonyl (C=O) groups is 1. The molecule has 2 aliphatic heterocycles. The Labute approximate surface area is 253 Å². The van der Waals surface area contributed by atoms with Crippen LogP contribution in [0.15, 0.2) is 52.3 Å². The van der Waals surface area contributed by atoms with Crippen molar-refractivity contribution >= 4 is 33.2 Å². The number of rotatable bonds is 9. The van der Waals surface area contributed by atoms with E-state index in [1.807, 2.05) is 43.3 Å². The van der Waals surface area contributed by atoms with Crippen molar-refractivity contribution in [2.75, 3.05) is 20.3 Å². The van der Waals surface area contributed by atoms with E-state index in [2.05, 4.69) is 0 Å². The Morgan fingerprint density at radius 1 is 1.19 bits per heavy atom. The maximum atomic E-state index is 14.4. The molecule has 3 aromatic rings. The van der Waals surface area contributed by atoms with Crippen molar-refractivity contribution in [2.45, 2.75) is 76.2 Å². The van der Waals surface area contributed by atoms with Gasteiger partial charge in [-0.2, -0.15) is 0 Å². The number of nitrogens with two attached hydrogens (primary N) is 1. The fourth-order valence-corrected chi connectivity index (χ4v) is 7.31.